The van der Waals surface area contributed by atoms with Crippen molar-refractivity contribution in [1.29, 1.82) is 0 Å². The quantitative estimate of drug-likeness (QED) is 0.720. The number of hydrogen-bond donors (Lipinski definition) is 0. The fraction of sp³-hybridized carbons (Fsp3) is 1.00. The fourth-order valence-corrected chi connectivity index (χ4v) is 0.921. The summed E-state index contributed by atoms with van der Waals surface area (Å²) >= 11 is 10.9. The van der Waals surface area contributed by atoms with Gasteiger partial charge in [-0.25, -0.2) is 0 Å². The van der Waals surface area contributed by atoms with Crippen molar-refractivity contribution in [3.05, 3.63) is 0 Å². The van der Waals surface area contributed by atoms with Crippen LogP contribution in [0.1, 0.15) is 6.92 Å². The molecule has 0 radical (unpaired) electrons. The Kier molecular flexibility index (Phi) is 19.9. The third kappa shape index (κ3) is 18.5. The van der Waals surface area contributed by atoms with Crippen molar-refractivity contribution in [2.24, 2.45) is 0 Å². The van der Waals surface area contributed by atoms with Gasteiger partial charge in [0, 0.05) is 24.3 Å². The van der Waals surface area contributed by atoms with E-state index in [4.69, 9.17) is 23.2 Å². The zero-order valence-electron chi connectivity index (χ0n) is 9.76. The van der Waals surface area contributed by atoms with Crippen LogP contribution in [0.15, 0.2) is 0 Å². The summed E-state index contributed by atoms with van der Waals surface area (Å²) in [5, 5.41) is 0. The van der Waals surface area contributed by atoms with Crippen LogP contribution in [-0.4, -0.2) is 62.3 Å². The topological polar surface area (TPSA) is 6.48 Å². The first-order chi connectivity index (χ1) is 5.95. The second-order valence-corrected chi connectivity index (χ2v) is 4.15. The number of nitrogens with zero attached hydrogens (tertiary/aromatic N) is 2. The Hall–Kier alpha value is 0.790. The zero-order chi connectivity index (χ0) is 10.9. The highest BCUT2D eigenvalue weighted by molar-refractivity contribution is 6.18. The minimum atomic E-state index is 0. The van der Waals surface area contributed by atoms with Gasteiger partial charge in [-0.2, -0.15) is 0 Å². The Morgan fingerprint density at radius 2 is 1.50 bits per heavy atom. The molecule has 0 aromatic rings. The van der Waals surface area contributed by atoms with Crippen molar-refractivity contribution in [2.45, 2.75) is 13.0 Å². The van der Waals surface area contributed by atoms with Crippen molar-refractivity contribution in [3.8, 4) is 0 Å². The van der Waals surface area contributed by atoms with Gasteiger partial charge in [0.25, 0.3) is 0 Å². The maximum absolute atomic E-state index is 5.51. The average molecular weight is 266 g/mol. The molecule has 90 valence electrons. The van der Waals surface area contributed by atoms with Crippen LogP contribution in [0.3, 0.4) is 0 Å². The number of halogens is 3. The average Bonchev–Trinajstić information content (AvgIpc) is 2.03. The van der Waals surface area contributed by atoms with Crippen LogP contribution in [0.25, 0.3) is 0 Å². The Bertz CT molecular complexity index is 100. The minimum absolute atomic E-state index is 0. The van der Waals surface area contributed by atoms with E-state index in [9.17, 15) is 0 Å². The second-order valence-electron chi connectivity index (χ2n) is 3.46. The van der Waals surface area contributed by atoms with Crippen LogP contribution in [0.4, 0.5) is 0 Å². The van der Waals surface area contributed by atoms with E-state index in [0.717, 1.165) is 12.4 Å². The van der Waals surface area contributed by atoms with Crippen LogP contribution >= 0.6 is 35.6 Å². The lowest BCUT2D eigenvalue weighted by Gasteiger charge is -2.15. The van der Waals surface area contributed by atoms with Gasteiger partial charge < -0.3 is 9.80 Å². The summed E-state index contributed by atoms with van der Waals surface area (Å²) in [7, 11) is 8.05. The molecule has 0 bridgehead atoms. The molecule has 1 atom stereocenters. The van der Waals surface area contributed by atoms with Crippen molar-refractivity contribution in [3.63, 3.8) is 0 Å². The van der Waals surface area contributed by atoms with Crippen molar-refractivity contribution in [2.75, 3.05) is 46.5 Å². The lowest BCUT2D eigenvalue weighted by molar-refractivity contribution is 0.338. The van der Waals surface area contributed by atoms with Crippen LogP contribution in [0.5, 0.6) is 0 Å². The van der Waals surface area contributed by atoms with Gasteiger partial charge in [0.15, 0.2) is 0 Å². The summed E-state index contributed by atoms with van der Waals surface area (Å²) in [5.74, 6) is 1.44. The van der Waals surface area contributed by atoms with Crippen LogP contribution < -0.4 is 0 Å². The van der Waals surface area contributed by atoms with E-state index < -0.39 is 0 Å². The molecule has 0 aromatic carbocycles. The normalized spacial score (nSPS) is 11.8. The molecule has 2 nitrogen and oxygen atoms in total. The molecule has 0 amide bonds. The van der Waals surface area contributed by atoms with Gasteiger partial charge in [-0.1, -0.05) is 0 Å². The van der Waals surface area contributed by atoms with E-state index in [1.807, 2.05) is 33.1 Å². The molecular formula is C9H23Cl3N2. The van der Waals surface area contributed by atoms with Crippen LogP contribution in [-0.2, 0) is 0 Å². The summed E-state index contributed by atoms with van der Waals surface area (Å²) < 4.78 is 0. The first kappa shape index (κ1) is 20.2. The lowest BCUT2D eigenvalue weighted by atomic mass is 10.4. The van der Waals surface area contributed by atoms with Gasteiger partial charge in [0.1, 0.15) is 0 Å². The summed E-state index contributed by atoms with van der Waals surface area (Å²) in [6, 6.07) is 0.502. The molecule has 0 spiro atoms. The van der Waals surface area contributed by atoms with Gasteiger partial charge in [0.05, 0.1) is 0 Å². The molecule has 0 N–H and O–H groups in total. The molecule has 0 rings (SSSR count). The SMILES string of the molecule is CC(CCl)N(C)C.CN(C)CCCl.Cl. The molecule has 0 heterocycles. The Morgan fingerprint density at radius 3 is 1.50 bits per heavy atom. The molecule has 5 heteroatoms. The predicted octanol–water partition coefficient (Wildman–Crippen LogP) is 2.38. The van der Waals surface area contributed by atoms with E-state index >= 15 is 0 Å². The first-order valence-electron chi connectivity index (χ1n) is 4.38. The van der Waals surface area contributed by atoms with Crippen molar-refractivity contribution in [1.82, 2.24) is 9.80 Å². The van der Waals surface area contributed by atoms with E-state index in [-0.39, 0.29) is 12.4 Å². The monoisotopic (exact) mass is 264 g/mol. The molecule has 14 heavy (non-hydrogen) atoms. The highest BCUT2D eigenvalue weighted by Gasteiger charge is 1.98. The smallest absolute Gasteiger partial charge is 0.0376 e. The molecule has 0 saturated heterocycles. The maximum atomic E-state index is 5.51. The fourth-order valence-electron chi connectivity index (χ4n) is 0.307. The first-order valence-corrected chi connectivity index (χ1v) is 5.45. The number of alkyl halides is 2. The molecule has 0 aliphatic heterocycles. The molecule has 0 aliphatic carbocycles. The van der Waals surface area contributed by atoms with Gasteiger partial charge in [-0.3, -0.25) is 0 Å². The lowest BCUT2D eigenvalue weighted by Crippen LogP contribution is -2.25. The molecule has 0 fully saturated rings. The second kappa shape index (κ2) is 13.8. The molecule has 1 unspecified atom stereocenters. The summed E-state index contributed by atoms with van der Waals surface area (Å²) in [4.78, 5) is 4.14. The van der Waals surface area contributed by atoms with Crippen molar-refractivity contribution >= 4 is 35.6 Å². The van der Waals surface area contributed by atoms with Gasteiger partial charge >= 0.3 is 0 Å². The van der Waals surface area contributed by atoms with Crippen molar-refractivity contribution < 1.29 is 0 Å². The minimum Gasteiger partial charge on any atom is -0.308 e. The van der Waals surface area contributed by atoms with Crippen LogP contribution in [0.2, 0.25) is 0 Å². The molecule has 0 aliphatic rings. The van der Waals surface area contributed by atoms with E-state index in [1.165, 1.54) is 0 Å². The highest BCUT2D eigenvalue weighted by Crippen LogP contribution is 1.91. The zero-order valence-corrected chi connectivity index (χ0v) is 12.1. The highest BCUT2D eigenvalue weighted by atomic mass is 35.5. The third-order valence-corrected chi connectivity index (χ3v) is 2.25. The molecule has 0 aromatic heterocycles. The van der Waals surface area contributed by atoms with Gasteiger partial charge in [-0.05, 0) is 35.1 Å². The van der Waals surface area contributed by atoms with E-state index in [0.29, 0.717) is 11.9 Å². The summed E-state index contributed by atoms with van der Waals surface area (Å²) in [5.41, 5.74) is 0. The Balaban J connectivity index is -0.000000163. The number of rotatable bonds is 4. The van der Waals surface area contributed by atoms with E-state index in [2.05, 4.69) is 11.8 Å². The standard InChI is InChI=1S/C5H12ClN.C4H10ClN.ClH/c1-5(4-6)7(2)3;1-6(2)4-3-5;/h5H,4H2,1-3H3;3-4H2,1-2H3;1H. The molecule has 0 saturated carbocycles. The number of hydrogen-bond acceptors (Lipinski definition) is 2. The van der Waals surface area contributed by atoms with Gasteiger partial charge in [0.2, 0.25) is 0 Å². The summed E-state index contributed by atoms with van der Waals surface area (Å²) in [6.45, 7) is 3.06. The predicted molar refractivity (Wildman–Crippen MR) is 70.4 cm³/mol. The maximum Gasteiger partial charge on any atom is 0.0376 e. The van der Waals surface area contributed by atoms with Gasteiger partial charge in [-0.15, -0.1) is 35.6 Å². The van der Waals surface area contributed by atoms with E-state index in [1.54, 1.807) is 0 Å². The van der Waals surface area contributed by atoms with Crippen LogP contribution in [0, 0.1) is 0 Å². The molecular weight excluding hydrogens is 242 g/mol. The largest absolute Gasteiger partial charge is 0.308 e. The Labute approximate surface area is 105 Å². The third-order valence-electron chi connectivity index (χ3n) is 1.64. The summed E-state index contributed by atoms with van der Waals surface area (Å²) in [6.07, 6.45) is 0. The Morgan fingerprint density at radius 1 is 1.07 bits per heavy atom.